The first kappa shape index (κ1) is 23.7. The van der Waals surface area contributed by atoms with Crippen LogP contribution in [0.15, 0.2) is 72.4 Å². The number of aromatic amines is 1. The fourth-order valence-corrected chi connectivity index (χ4v) is 4.55. The second-order valence-electron chi connectivity index (χ2n) is 7.59. The molecule has 0 bridgehead atoms. The second-order valence-corrected chi connectivity index (χ2v) is 8.64. The van der Waals surface area contributed by atoms with Crippen molar-refractivity contribution in [3.05, 3.63) is 89.1 Å². The first-order valence-corrected chi connectivity index (χ1v) is 11.7. The average Bonchev–Trinajstić information content (AvgIpc) is 3.54. The van der Waals surface area contributed by atoms with Crippen molar-refractivity contribution in [2.45, 2.75) is 13.3 Å². The fraction of sp³-hybridized carbons (Fsp3) is 0.111. The van der Waals surface area contributed by atoms with Gasteiger partial charge in [0.25, 0.3) is 5.91 Å². The molecule has 0 aliphatic heterocycles. The second kappa shape index (κ2) is 10.6. The highest BCUT2D eigenvalue weighted by Crippen LogP contribution is 2.36. The molecule has 2 N–H and O–H groups in total. The minimum absolute atomic E-state index is 0.122. The molecule has 174 valence electrons. The predicted octanol–water partition coefficient (Wildman–Crippen LogP) is 5.70. The maximum absolute atomic E-state index is 13.0. The van der Waals surface area contributed by atoms with E-state index in [0.29, 0.717) is 16.3 Å². The van der Waals surface area contributed by atoms with Crippen LogP contribution in [-0.4, -0.2) is 29.2 Å². The maximum atomic E-state index is 13.0. The van der Waals surface area contributed by atoms with Gasteiger partial charge in [0.05, 0.1) is 24.6 Å². The highest BCUT2D eigenvalue weighted by Gasteiger charge is 2.21. The van der Waals surface area contributed by atoms with E-state index in [1.165, 1.54) is 30.1 Å². The topological polar surface area (TPSA) is 108 Å². The SMILES string of the molecule is CCc1ccc(-c2[nH]ncc2C=C(C#N)C(=O)Nc2sc(-c3ccccc3)cc2C(=O)OC)cc1. The maximum Gasteiger partial charge on any atom is 0.340 e. The number of benzene rings is 2. The number of hydrogen-bond donors (Lipinski definition) is 2. The van der Waals surface area contributed by atoms with E-state index in [1.807, 2.05) is 60.7 Å². The highest BCUT2D eigenvalue weighted by molar-refractivity contribution is 7.20. The summed E-state index contributed by atoms with van der Waals surface area (Å²) in [5, 5.41) is 19.8. The van der Waals surface area contributed by atoms with Crippen molar-refractivity contribution < 1.29 is 14.3 Å². The summed E-state index contributed by atoms with van der Waals surface area (Å²) in [5.41, 5.74) is 4.40. The van der Waals surface area contributed by atoms with E-state index < -0.39 is 11.9 Å². The van der Waals surface area contributed by atoms with E-state index in [-0.39, 0.29) is 11.1 Å². The van der Waals surface area contributed by atoms with E-state index in [1.54, 1.807) is 12.3 Å². The third-order valence-corrected chi connectivity index (χ3v) is 6.51. The Morgan fingerprint density at radius 3 is 2.54 bits per heavy atom. The first-order chi connectivity index (χ1) is 17.0. The minimum atomic E-state index is -0.632. The number of H-pyrrole nitrogens is 1. The van der Waals surface area contributed by atoms with Gasteiger partial charge in [0.15, 0.2) is 0 Å². The van der Waals surface area contributed by atoms with Crippen LogP contribution >= 0.6 is 11.3 Å². The van der Waals surface area contributed by atoms with Gasteiger partial charge in [0.2, 0.25) is 0 Å². The minimum Gasteiger partial charge on any atom is -0.465 e. The van der Waals surface area contributed by atoms with Crippen molar-refractivity contribution in [3.8, 4) is 27.8 Å². The van der Waals surface area contributed by atoms with Gasteiger partial charge in [0, 0.05) is 16.0 Å². The van der Waals surface area contributed by atoms with Crippen LogP contribution in [0.2, 0.25) is 0 Å². The molecule has 4 rings (SSSR count). The molecule has 0 saturated heterocycles. The van der Waals surface area contributed by atoms with Crippen LogP contribution in [0.5, 0.6) is 0 Å². The lowest BCUT2D eigenvalue weighted by molar-refractivity contribution is -0.112. The van der Waals surface area contributed by atoms with E-state index in [2.05, 4.69) is 22.4 Å². The summed E-state index contributed by atoms with van der Waals surface area (Å²) in [6.45, 7) is 2.08. The molecule has 4 aromatic rings. The highest BCUT2D eigenvalue weighted by atomic mass is 32.1. The smallest absolute Gasteiger partial charge is 0.340 e. The number of anilines is 1. The average molecular weight is 483 g/mol. The lowest BCUT2D eigenvalue weighted by atomic mass is 10.0. The molecule has 7 nitrogen and oxygen atoms in total. The Morgan fingerprint density at radius 1 is 1.14 bits per heavy atom. The van der Waals surface area contributed by atoms with Crippen molar-refractivity contribution >= 4 is 34.3 Å². The predicted molar refractivity (Wildman–Crippen MR) is 137 cm³/mol. The van der Waals surface area contributed by atoms with Gasteiger partial charge in [-0.15, -0.1) is 11.3 Å². The number of methoxy groups -OCH3 is 1. The van der Waals surface area contributed by atoms with E-state index in [9.17, 15) is 14.9 Å². The van der Waals surface area contributed by atoms with Crippen molar-refractivity contribution in [2.75, 3.05) is 12.4 Å². The number of thiophene rings is 1. The number of carbonyl (C=O) groups is 2. The zero-order valence-corrected chi connectivity index (χ0v) is 20.0. The largest absolute Gasteiger partial charge is 0.465 e. The van der Waals surface area contributed by atoms with Crippen LogP contribution in [0.25, 0.3) is 27.8 Å². The van der Waals surface area contributed by atoms with Crippen molar-refractivity contribution in [1.29, 1.82) is 5.26 Å². The Kier molecular flexibility index (Phi) is 7.19. The molecule has 0 atom stereocenters. The Morgan fingerprint density at radius 2 is 1.89 bits per heavy atom. The number of esters is 1. The zero-order chi connectivity index (χ0) is 24.8. The fourth-order valence-electron chi connectivity index (χ4n) is 3.51. The van der Waals surface area contributed by atoms with Crippen LogP contribution < -0.4 is 5.32 Å². The van der Waals surface area contributed by atoms with Crippen LogP contribution in [-0.2, 0) is 16.0 Å². The molecule has 0 aliphatic rings. The third-order valence-electron chi connectivity index (χ3n) is 5.41. The van der Waals surface area contributed by atoms with Crippen molar-refractivity contribution in [3.63, 3.8) is 0 Å². The number of nitrogens with zero attached hydrogens (tertiary/aromatic N) is 2. The Hall–Kier alpha value is -4.48. The van der Waals surface area contributed by atoms with Crippen LogP contribution in [0.1, 0.15) is 28.4 Å². The molecule has 0 aliphatic carbocycles. The number of nitriles is 1. The Balaban J connectivity index is 1.64. The van der Waals surface area contributed by atoms with Crippen LogP contribution in [0.3, 0.4) is 0 Å². The number of aromatic nitrogens is 2. The van der Waals surface area contributed by atoms with E-state index in [4.69, 9.17) is 4.74 Å². The molecule has 2 aromatic carbocycles. The Labute approximate surface area is 206 Å². The number of rotatable bonds is 7. The quantitative estimate of drug-likeness (QED) is 0.200. The summed E-state index contributed by atoms with van der Waals surface area (Å²) >= 11 is 1.24. The third kappa shape index (κ3) is 5.21. The molecule has 0 fully saturated rings. The van der Waals surface area contributed by atoms with Gasteiger partial charge in [-0.25, -0.2) is 4.79 Å². The summed E-state index contributed by atoms with van der Waals surface area (Å²) in [7, 11) is 1.28. The summed E-state index contributed by atoms with van der Waals surface area (Å²) in [5.74, 6) is -1.21. The monoisotopic (exact) mass is 482 g/mol. The molecule has 35 heavy (non-hydrogen) atoms. The number of nitrogens with one attached hydrogen (secondary N) is 2. The molecular formula is C27H22N4O3S. The lowest BCUT2D eigenvalue weighted by Gasteiger charge is -2.05. The summed E-state index contributed by atoms with van der Waals surface area (Å²) in [6, 6.07) is 21.1. The molecule has 0 unspecified atom stereocenters. The van der Waals surface area contributed by atoms with Crippen LogP contribution in [0, 0.1) is 11.3 Å². The number of hydrogen-bond acceptors (Lipinski definition) is 6. The molecule has 1 amide bonds. The lowest BCUT2D eigenvalue weighted by Crippen LogP contribution is -2.15. The number of carbonyl (C=O) groups excluding carboxylic acids is 2. The van der Waals surface area contributed by atoms with Crippen LogP contribution in [0.4, 0.5) is 5.00 Å². The van der Waals surface area contributed by atoms with Crippen molar-refractivity contribution in [1.82, 2.24) is 10.2 Å². The zero-order valence-electron chi connectivity index (χ0n) is 19.2. The molecule has 0 spiro atoms. The molecule has 0 saturated carbocycles. The molecule has 2 aromatic heterocycles. The number of ether oxygens (including phenoxy) is 1. The normalized spacial score (nSPS) is 11.1. The van der Waals surface area contributed by atoms with Gasteiger partial charge in [-0.2, -0.15) is 10.4 Å². The van der Waals surface area contributed by atoms with E-state index >= 15 is 0 Å². The first-order valence-electron chi connectivity index (χ1n) is 10.9. The summed E-state index contributed by atoms with van der Waals surface area (Å²) < 4.78 is 4.89. The molecular weight excluding hydrogens is 460 g/mol. The summed E-state index contributed by atoms with van der Waals surface area (Å²) in [6.07, 6.45) is 3.97. The van der Waals surface area contributed by atoms with Gasteiger partial charge in [-0.05, 0) is 29.7 Å². The summed E-state index contributed by atoms with van der Waals surface area (Å²) in [4.78, 5) is 26.2. The number of aryl methyl sites for hydroxylation is 1. The van der Waals surface area contributed by atoms with Gasteiger partial charge in [-0.1, -0.05) is 61.5 Å². The van der Waals surface area contributed by atoms with Gasteiger partial charge in [-0.3, -0.25) is 9.89 Å². The molecule has 8 heteroatoms. The van der Waals surface area contributed by atoms with Gasteiger partial charge in [0.1, 0.15) is 16.6 Å². The number of amides is 1. The van der Waals surface area contributed by atoms with Crippen molar-refractivity contribution in [2.24, 2.45) is 0 Å². The van der Waals surface area contributed by atoms with E-state index in [0.717, 1.165) is 22.4 Å². The standard InChI is InChI=1S/C27H22N4O3S/c1-3-17-9-11-19(12-10-17)24-21(16-29-31-24)13-20(15-28)25(32)30-26-22(27(33)34-2)14-23(35-26)18-7-5-4-6-8-18/h4-14,16H,3H2,1-2H3,(H,29,31)(H,30,32). The Bertz CT molecular complexity index is 1430. The molecule has 0 radical (unpaired) electrons. The molecule has 2 heterocycles. The van der Waals surface area contributed by atoms with Gasteiger partial charge < -0.3 is 10.1 Å². The van der Waals surface area contributed by atoms with Gasteiger partial charge >= 0.3 is 5.97 Å².